The van der Waals surface area contributed by atoms with Gasteiger partial charge in [-0.2, -0.15) is 10.2 Å². The van der Waals surface area contributed by atoms with E-state index in [0.29, 0.717) is 29.2 Å². The van der Waals surface area contributed by atoms with Crippen molar-refractivity contribution in [1.82, 2.24) is 24.7 Å². The Balaban J connectivity index is 1.10. The number of pyridine rings is 1. The summed E-state index contributed by atoms with van der Waals surface area (Å²) < 4.78 is 49.3. The minimum atomic E-state index is -0.731. The van der Waals surface area contributed by atoms with Crippen LogP contribution < -0.4 is 10.1 Å². The first-order chi connectivity index (χ1) is 18.7. The third kappa shape index (κ3) is 5.03. The van der Waals surface area contributed by atoms with Gasteiger partial charge in [-0.05, 0) is 30.5 Å². The molecule has 1 atom stereocenters. The maximum absolute atomic E-state index is 14.5. The Morgan fingerprint density at radius 2 is 1.79 bits per heavy atom. The number of hydrogen-bond donors (Lipinski definition) is 1. The van der Waals surface area contributed by atoms with Gasteiger partial charge in [-0.1, -0.05) is 0 Å². The largest absolute Gasteiger partial charge is 0.483 e. The van der Waals surface area contributed by atoms with E-state index in [1.807, 2.05) is 0 Å². The van der Waals surface area contributed by atoms with E-state index >= 15 is 0 Å². The number of hydrogen-bond acceptors (Lipinski definition) is 6. The Morgan fingerprint density at radius 3 is 2.51 bits per heavy atom. The number of benzene rings is 1. The van der Waals surface area contributed by atoms with Gasteiger partial charge >= 0.3 is 6.03 Å². The molecule has 202 valence electrons. The summed E-state index contributed by atoms with van der Waals surface area (Å²) in [4.78, 5) is 30.7. The van der Waals surface area contributed by atoms with Crippen LogP contribution in [0.3, 0.4) is 0 Å². The number of nitrogens with zero attached hydrogens (tertiary/aromatic N) is 6. The van der Waals surface area contributed by atoms with E-state index in [9.17, 15) is 22.8 Å². The topological polar surface area (TPSA) is 105 Å². The summed E-state index contributed by atoms with van der Waals surface area (Å²) in [5, 5.41) is 12.4. The molecule has 1 aromatic carbocycles. The highest BCUT2D eigenvalue weighted by Crippen LogP contribution is 2.33. The quantitative estimate of drug-likeness (QED) is 0.512. The van der Waals surface area contributed by atoms with Gasteiger partial charge in [0.05, 0.1) is 36.7 Å². The van der Waals surface area contributed by atoms with E-state index in [1.54, 1.807) is 13.1 Å². The summed E-state index contributed by atoms with van der Waals surface area (Å²) in [6.45, 7) is 0.352. The summed E-state index contributed by atoms with van der Waals surface area (Å²) in [7, 11) is 1.69. The maximum atomic E-state index is 14.5. The molecule has 1 unspecified atom stereocenters. The summed E-state index contributed by atoms with van der Waals surface area (Å²) >= 11 is 0. The average molecular weight is 540 g/mol. The molecule has 13 heteroatoms. The Morgan fingerprint density at radius 1 is 1.05 bits per heavy atom. The first kappa shape index (κ1) is 24.9. The second-order valence-electron chi connectivity index (χ2n) is 9.83. The van der Waals surface area contributed by atoms with E-state index in [1.165, 1.54) is 39.0 Å². The number of likely N-dealkylation sites (tertiary alicyclic amines) is 1. The van der Waals surface area contributed by atoms with Crippen LogP contribution in [0.4, 0.5) is 23.8 Å². The summed E-state index contributed by atoms with van der Waals surface area (Å²) in [5.74, 6) is -1.82. The molecule has 2 fully saturated rings. The third-order valence-electron chi connectivity index (χ3n) is 6.87. The average Bonchev–Trinajstić information content (AvgIpc) is 3.49. The Kier molecular flexibility index (Phi) is 6.20. The Hall–Kier alpha value is -4.42. The number of anilines is 1. The number of hydrazone groups is 1. The number of ether oxygens (including phenoxy) is 1. The van der Waals surface area contributed by atoms with Gasteiger partial charge in [0.15, 0.2) is 17.4 Å². The molecule has 1 saturated heterocycles. The molecule has 39 heavy (non-hydrogen) atoms. The number of carbonyl (C=O) groups is 2. The van der Waals surface area contributed by atoms with Crippen LogP contribution in [0.2, 0.25) is 0 Å². The molecule has 10 nitrogen and oxygen atoms in total. The molecule has 1 N–H and O–H groups in total. The van der Waals surface area contributed by atoms with E-state index in [4.69, 9.17) is 4.74 Å². The van der Waals surface area contributed by atoms with E-state index < -0.39 is 35.6 Å². The molecule has 3 aromatic rings. The minimum absolute atomic E-state index is 0.0285. The van der Waals surface area contributed by atoms with Crippen LogP contribution >= 0.6 is 0 Å². The van der Waals surface area contributed by atoms with Gasteiger partial charge in [-0.3, -0.25) is 14.5 Å². The minimum Gasteiger partial charge on any atom is -0.483 e. The lowest BCUT2D eigenvalue weighted by molar-refractivity contribution is -0.117. The Bertz CT molecular complexity index is 1460. The molecular formula is C26H24F3N7O3. The molecule has 2 aromatic heterocycles. The Labute approximate surface area is 221 Å². The van der Waals surface area contributed by atoms with Crippen molar-refractivity contribution in [1.29, 1.82) is 0 Å². The van der Waals surface area contributed by atoms with Crippen LogP contribution in [0.25, 0.3) is 11.4 Å². The van der Waals surface area contributed by atoms with Crippen LogP contribution in [-0.4, -0.2) is 62.0 Å². The lowest BCUT2D eigenvalue weighted by atomic mass is 10.0. The second kappa shape index (κ2) is 9.71. The van der Waals surface area contributed by atoms with Gasteiger partial charge in [0.25, 0.3) is 0 Å². The lowest BCUT2D eigenvalue weighted by Crippen LogP contribution is -2.58. The number of urea groups is 1. The van der Waals surface area contributed by atoms with Gasteiger partial charge in [0.2, 0.25) is 5.91 Å². The second-order valence-corrected chi connectivity index (χ2v) is 9.83. The van der Waals surface area contributed by atoms with Crippen LogP contribution in [0.1, 0.15) is 30.9 Å². The standard InChI is InChI=1S/C26H24F3N7O3/c1-34-22(10-24(33-34)32-25(37)14-2-3-14)20-9-23(19(29)11-30-20)39-18-12-35(13-18)26(38)36-21(4-5-31-36)15-6-16(27)8-17(28)7-15/h5-11,14,18,21H,2-4,12-13H2,1H3,(H,32,33,37). The smallest absolute Gasteiger partial charge is 0.341 e. The van der Waals surface area contributed by atoms with Crippen molar-refractivity contribution in [3.8, 4) is 17.1 Å². The number of carbonyl (C=O) groups excluding carboxylic acids is 2. The first-order valence-corrected chi connectivity index (χ1v) is 12.5. The molecule has 4 heterocycles. The highest BCUT2D eigenvalue weighted by atomic mass is 19.1. The summed E-state index contributed by atoms with van der Waals surface area (Å²) in [6, 6.07) is 5.17. The molecule has 0 radical (unpaired) electrons. The van der Waals surface area contributed by atoms with E-state index in [0.717, 1.165) is 25.1 Å². The van der Waals surface area contributed by atoms with Crippen LogP contribution in [0, 0.1) is 23.4 Å². The fourth-order valence-electron chi connectivity index (χ4n) is 4.63. The number of halogens is 3. The first-order valence-electron chi connectivity index (χ1n) is 12.5. The predicted molar refractivity (Wildman–Crippen MR) is 133 cm³/mol. The van der Waals surface area contributed by atoms with E-state index in [-0.39, 0.29) is 30.7 Å². The van der Waals surface area contributed by atoms with Crippen LogP contribution in [0.5, 0.6) is 5.75 Å². The predicted octanol–water partition coefficient (Wildman–Crippen LogP) is 3.86. The van der Waals surface area contributed by atoms with Crippen LogP contribution in [0.15, 0.2) is 41.6 Å². The van der Waals surface area contributed by atoms with Crippen molar-refractivity contribution < 1.29 is 27.5 Å². The van der Waals surface area contributed by atoms with Crippen molar-refractivity contribution >= 4 is 24.0 Å². The van der Waals surface area contributed by atoms with E-state index in [2.05, 4.69) is 20.5 Å². The molecule has 1 aliphatic carbocycles. The van der Waals surface area contributed by atoms with Crippen molar-refractivity contribution in [2.45, 2.75) is 31.4 Å². The van der Waals surface area contributed by atoms with Gasteiger partial charge < -0.3 is 15.0 Å². The highest BCUT2D eigenvalue weighted by molar-refractivity contribution is 5.93. The summed E-state index contributed by atoms with van der Waals surface area (Å²) in [5.41, 5.74) is 1.27. The number of nitrogens with one attached hydrogen (secondary N) is 1. The number of rotatable bonds is 6. The number of aromatic nitrogens is 3. The summed E-state index contributed by atoms with van der Waals surface area (Å²) in [6.07, 6.45) is 4.16. The zero-order chi connectivity index (χ0) is 27.3. The third-order valence-corrected chi connectivity index (χ3v) is 6.87. The van der Waals surface area contributed by atoms with Crippen molar-refractivity contribution in [3.05, 3.63) is 59.5 Å². The molecule has 3 amide bonds. The molecule has 6 rings (SSSR count). The zero-order valence-corrected chi connectivity index (χ0v) is 20.9. The SMILES string of the molecule is Cn1nc(NC(=O)C2CC2)cc1-c1cc(OC2CN(C(=O)N3N=CCC3c3cc(F)cc(F)c3)C2)c(F)cn1. The fraction of sp³-hybridized carbons (Fsp3) is 0.346. The molecule has 1 saturated carbocycles. The fourth-order valence-corrected chi connectivity index (χ4v) is 4.63. The number of amides is 3. The van der Waals surface area contributed by atoms with Gasteiger partial charge in [0.1, 0.15) is 17.7 Å². The molecule has 2 aliphatic heterocycles. The van der Waals surface area contributed by atoms with Crippen molar-refractivity contribution in [2.24, 2.45) is 18.1 Å². The monoisotopic (exact) mass is 539 g/mol. The maximum Gasteiger partial charge on any atom is 0.341 e. The molecular weight excluding hydrogens is 515 g/mol. The normalized spacial score (nSPS) is 18.8. The molecule has 0 bridgehead atoms. The highest BCUT2D eigenvalue weighted by Gasteiger charge is 2.39. The van der Waals surface area contributed by atoms with Crippen LogP contribution in [-0.2, 0) is 11.8 Å². The molecule has 3 aliphatic rings. The molecule has 0 spiro atoms. The van der Waals surface area contributed by atoms with Crippen molar-refractivity contribution in [3.63, 3.8) is 0 Å². The zero-order valence-electron chi connectivity index (χ0n) is 20.9. The van der Waals surface area contributed by atoms with Crippen molar-refractivity contribution in [2.75, 3.05) is 18.4 Å². The van der Waals surface area contributed by atoms with Gasteiger partial charge in [0, 0.05) is 43.8 Å². The van der Waals surface area contributed by atoms with Gasteiger partial charge in [-0.15, -0.1) is 0 Å². The number of aryl methyl sites for hydroxylation is 1. The lowest BCUT2D eigenvalue weighted by Gasteiger charge is -2.41. The van der Waals surface area contributed by atoms with Gasteiger partial charge in [-0.25, -0.2) is 23.0 Å².